The van der Waals surface area contributed by atoms with Crippen molar-refractivity contribution in [2.24, 2.45) is 0 Å². The molecule has 10 rings (SSSR count). The van der Waals surface area contributed by atoms with Crippen molar-refractivity contribution in [3.63, 3.8) is 0 Å². The number of aryl methyl sites for hydroxylation is 4. The molecule has 1 atom stereocenters. The van der Waals surface area contributed by atoms with Crippen molar-refractivity contribution >= 4 is 53.7 Å². The van der Waals surface area contributed by atoms with Crippen LogP contribution in [0, 0.1) is 27.7 Å². The van der Waals surface area contributed by atoms with Crippen LogP contribution in [0.25, 0.3) is 33.1 Å². The summed E-state index contributed by atoms with van der Waals surface area (Å²) in [7, 11) is -5.17. The molecule has 1 unspecified atom stereocenters. The molecular formula is C52H46O3S2. The van der Waals surface area contributed by atoms with Crippen molar-refractivity contribution in [1.29, 1.82) is 0 Å². The highest BCUT2D eigenvalue weighted by Crippen LogP contribution is 2.52. The summed E-state index contributed by atoms with van der Waals surface area (Å²) in [5, 5.41) is 4.07. The van der Waals surface area contributed by atoms with Gasteiger partial charge >= 0.3 is 0 Å². The summed E-state index contributed by atoms with van der Waals surface area (Å²) < 4.78 is 44.1. The van der Waals surface area contributed by atoms with Gasteiger partial charge in [-0.05, 0) is 152 Å². The largest absolute Gasteiger partial charge is 0.249 e. The van der Waals surface area contributed by atoms with Crippen LogP contribution in [0.5, 0.6) is 0 Å². The maximum atomic E-state index is 14.7. The highest BCUT2D eigenvalue weighted by molar-refractivity contribution is 7.96. The van der Waals surface area contributed by atoms with E-state index in [1.807, 2.05) is 36.4 Å². The molecule has 2 heterocycles. The zero-order chi connectivity index (χ0) is 40.2. The fourth-order valence-corrected chi connectivity index (χ4v) is 13.4. The van der Waals surface area contributed by atoms with E-state index in [0.29, 0.717) is 9.80 Å². The van der Waals surface area contributed by atoms with Gasteiger partial charge in [0.2, 0.25) is 9.84 Å². The van der Waals surface area contributed by atoms with Gasteiger partial charge in [-0.1, -0.05) is 102 Å². The molecule has 2 aliphatic heterocycles. The van der Waals surface area contributed by atoms with Gasteiger partial charge in [-0.25, -0.2) is 12.6 Å². The third-order valence-electron chi connectivity index (χ3n) is 12.7. The topological polar surface area (TPSA) is 51.2 Å². The fraction of sp³-hybridized carbons (Fsp3) is 0.231. The molecule has 57 heavy (non-hydrogen) atoms. The van der Waals surface area contributed by atoms with Gasteiger partial charge in [-0.3, -0.25) is 0 Å². The summed E-state index contributed by atoms with van der Waals surface area (Å²) in [6.07, 6.45) is 0. The third-order valence-corrected chi connectivity index (χ3v) is 16.1. The number of hydrogen-bond donors (Lipinski definition) is 0. The predicted molar refractivity (Wildman–Crippen MR) is 236 cm³/mol. The SMILES string of the molecule is Cc1cc(C(C)(C)C)cc(C)c1C1=c2cc3cc4c(cc3cc2C2=C1S(=O)c1ccccc12)=C(c1c(C)cc(C(C)(C)C)cc1C)C1=C4c2ccccc2S1(=O)=O. The monoisotopic (exact) mass is 782 g/mol. The molecule has 0 saturated carbocycles. The average molecular weight is 783 g/mol. The van der Waals surface area contributed by atoms with Crippen molar-refractivity contribution in [2.45, 2.75) is 89.9 Å². The van der Waals surface area contributed by atoms with Gasteiger partial charge in [0.1, 0.15) is 0 Å². The fourth-order valence-electron chi connectivity index (χ4n) is 9.95. The summed E-state index contributed by atoms with van der Waals surface area (Å²) in [5.41, 5.74) is 16.5. The van der Waals surface area contributed by atoms with Gasteiger partial charge in [-0.15, -0.1) is 0 Å². The Balaban J connectivity index is 1.33. The summed E-state index contributed by atoms with van der Waals surface area (Å²) in [6.45, 7) is 22.0. The van der Waals surface area contributed by atoms with Crippen LogP contribution in [-0.2, 0) is 31.5 Å². The molecule has 0 spiro atoms. The average Bonchev–Trinajstić information content (AvgIpc) is 3.80. The summed E-state index contributed by atoms with van der Waals surface area (Å²) in [6, 6.07) is 33.6. The lowest BCUT2D eigenvalue weighted by molar-refractivity contribution is 0.589. The number of fused-ring (bicyclic) bond motifs is 9. The number of sulfone groups is 1. The Morgan fingerprint density at radius 1 is 0.491 bits per heavy atom. The van der Waals surface area contributed by atoms with E-state index < -0.39 is 20.6 Å². The van der Waals surface area contributed by atoms with Gasteiger partial charge in [-0.2, -0.15) is 0 Å². The van der Waals surface area contributed by atoms with Crippen LogP contribution in [0.4, 0.5) is 0 Å². The molecule has 0 fully saturated rings. The lowest BCUT2D eigenvalue weighted by Crippen LogP contribution is -2.17. The molecule has 5 heteroatoms. The van der Waals surface area contributed by atoms with E-state index in [9.17, 15) is 12.6 Å². The standard InChI is InChI=1S/C52H46O3S2/c1-27-19-33(51(5,6)7)20-28(2)43(27)47-39-25-32-24-38-40(26-31(32)23-37(39)45-35-15-11-13-17-41(35)56(53)49(45)47)48(44-29(3)21-34(22-30(44)4)52(8,9)10)50-46(38)36-16-12-14-18-42(36)57(50,54)55/h11-26H,1-10H3. The van der Waals surface area contributed by atoms with Gasteiger partial charge in [0.05, 0.1) is 30.4 Å². The van der Waals surface area contributed by atoms with E-state index in [2.05, 4.69) is 124 Å². The molecule has 0 N–H and O–H groups in total. The highest BCUT2D eigenvalue weighted by Gasteiger charge is 2.44. The Hall–Kier alpha value is -5.10. The normalized spacial score (nSPS) is 17.6. The van der Waals surface area contributed by atoms with Crippen molar-refractivity contribution in [2.75, 3.05) is 0 Å². The molecule has 0 bridgehead atoms. The van der Waals surface area contributed by atoms with E-state index in [-0.39, 0.29) is 10.8 Å². The van der Waals surface area contributed by atoms with Crippen LogP contribution in [0.3, 0.4) is 0 Å². The molecule has 284 valence electrons. The predicted octanol–water partition coefficient (Wildman–Crippen LogP) is 10.5. The summed E-state index contributed by atoms with van der Waals surface area (Å²) in [4.78, 5) is 2.53. The molecule has 6 aromatic carbocycles. The van der Waals surface area contributed by atoms with E-state index >= 15 is 0 Å². The van der Waals surface area contributed by atoms with E-state index in [1.54, 1.807) is 6.07 Å². The van der Waals surface area contributed by atoms with Crippen LogP contribution in [-0.4, -0.2) is 12.6 Å². The second-order valence-electron chi connectivity index (χ2n) is 18.5. The van der Waals surface area contributed by atoms with Gasteiger partial charge in [0.15, 0.2) is 0 Å². The molecule has 0 amide bonds. The smallest absolute Gasteiger partial charge is 0.208 e. The quantitative estimate of drug-likeness (QED) is 0.176. The van der Waals surface area contributed by atoms with Crippen LogP contribution >= 0.6 is 0 Å². The molecule has 3 nitrogen and oxygen atoms in total. The maximum absolute atomic E-state index is 14.7. The van der Waals surface area contributed by atoms with Crippen LogP contribution in [0.15, 0.2) is 117 Å². The van der Waals surface area contributed by atoms with Crippen molar-refractivity contribution in [3.8, 4) is 0 Å². The lowest BCUT2D eigenvalue weighted by Gasteiger charge is -2.23. The van der Waals surface area contributed by atoms with Gasteiger partial charge < -0.3 is 0 Å². The molecular weight excluding hydrogens is 737 g/mol. The third kappa shape index (κ3) is 4.94. The van der Waals surface area contributed by atoms with Crippen molar-refractivity contribution < 1.29 is 12.6 Å². The van der Waals surface area contributed by atoms with Gasteiger partial charge in [0.25, 0.3) is 0 Å². The Bertz CT molecular complexity index is 3200. The first-order valence-corrected chi connectivity index (χ1v) is 22.5. The van der Waals surface area contributed by atoms with E-state index in [1.165, 1.54) is 22.3 Å². The van der Waals surface area contributed by atoms with Crippen LogP contribution in [0.1, 0.15) is 108 Å². The minimum atomic E-state index is -3.81. The Morgan fingerprint density at radius 3 is 1.49 bits per heavy atom. The molecule has 4 aliphatic rings. The zero-order valence-electron chi connectivity index (χ0n) is 34.3. The highest BCUT2D eigenvalue weighted by atomic mass is 32.2. The second-order valence-corrected chi connectivity index (χ2v) is 21.8. The van der Waals surface area contributed by atoms with E-state index in [0.717, 1.165) is 97.8 Å². The molecule has 2 aliphatic carbocycles. The number of hydrogen-bond acceptors (Lipinski definition) is 3. The maximum Gasteiger partial charge on any atom is 0.208 e. The number of rotatable bonds is 2. The second kappa shape index (κ2) is 11.7. The number of benzene rings is 6. The number of allylic oxidation sites excluding steroid dienone is 2. The Morgan fingerprint density at radius 2 is 0.947 bits per heavy atom. The minimum Gasteiger partial charge on any atom is -0.249 e. The molecule has 0 aromatic heterocycles. The van der Waals surface area contributed by atoms with Crippen molar-refractivity contribution in [1.82, 2.24) is 0 Å². The van der Waals surface area contributed by atoms with Crippen LogP contribution in [0.2, 0.25) is 0 Å². The molecule has 0 saturated heterocycles. The summed E-state index contributed by atoms with van der Waals surface area (Å²) in [5.74, 6) is 0. The Kier molecular flexibility index (Phi) is 7.47. The van der Waals surface area contributed by atoms with Gasteiger partial charge in [0, 0.05) is 33.4 Å². The van der Waals surface area contributed by atoms with Crippen LogP contribution < -0.4 is 10.4 Å². The lowest BCUT2D eigenvalue weighted by atomic mass is 9.82. The zero-order valence-corrected chi connectivity index (χ0v) is 35.9. The minimum absolute atomic E-state index is 0.0127. The first kappa shape index (κ1) is 36.3. The van der Waals surface area contributed by atoms with Crippen molar-refractivity contribution in [3.05, 3.63) is 184 Å². The molecule has 0 radical (unpaired) electrons. The molecule has 6 aromatic rings. The van der Waals surface area contributed by atoms with E-state index in [4.69, 9.17) is 0 Å². The Labute approximate surface area is 338 Å². The summed E-state index contributed by atoms with van der Waals surface area (Å²) >= 11 is 0. The first-order chi connectivity index (χ1) is 26.9. The first-order valence-electron chi connectivity index (χ1n) is 19.8.